The molecule has 2 aromatic carbocycles. The molecule has 3 rings (SSSR count). The van der Waals surface area contributed by atoms with Crippen LogP contribution in [-0.2, 0) is 35.9 Å². The maximum Gasteiger partial charge on any atom is 0.191 e. The Hall–Kier alpha value is -3.13. The Bertz CT molecular complexity index is 1140. The van der Waals surface area contributed by atoms with E-state index < -0.39 is 9.84 Å². The zero-order chi connectivity index (χ0) is 22.3. The van der Waals surface area contributed by atoms with Gasteiger partial charge >= 0.3 is 0 Å². The van der Waals surface area contributed by atoms with Crippen LogP contribution in [0.1, 0.15) is 22.5 Å². The first-order chi connectivity index (χ1) is 14.9. The Balaban J connectivity index is 1.54. The van der Waals surface area contributed by atoms with Crippen LogP contribution in [0.25, 0.3) is 0 Å². The fourth-order valence-electron chi connectivity index (χ4n) is 3.41. The first-order valence-electron chi connectivity index (χ1n) is 10.1. The summed E-state index contributed by atoms with van der Waals surface area (Å²) in [6.45, 7) is 3.75. The molecule has 0 aliphatic heterocycles. The van der Waals surface area contributed by atoms with Gasteiger partial charge in [0.05, 0.1) is 11.4 Å². The van der Waals surface area contributed by atoms with Crippen molar-refractivity contribution in [1.82, 2.24) is 20.2 Å². The van der Waals surface area contributed by atoms with E-state index in [9.17, 15) is 8.42 Å². The minimum atomic E-state index is -3.21. The third-order valence-corrected chi connectivity index (χ3v) is 6.28. The van der Waals surface area contributed by atoms with Crippen molar-refractivity contribution in [2.24, 2.45) is 4.99 Å². The number of benzene rings is 2. The molecular formula is C23H29N5O2S. The average Bonchev–Trinajstić information content (AvgIpc) is 3.19. The average molecular weight is 440 g/mol. The highest BCUT2D eigenvalue weighted by molar-refractivity contribution is 7.90. The number of aryl methyl sites for hydroxylation is 3. The van der Waals surface area contributed by atoms with Gasteiger partial charge in [0.15, 0.2) is 15.8 Å². The van der Waals surface area contributed by atoms with Crippen LogP contribution in [0, 0.1) is 6.92 Å². The minimum Gasteiger partial charge on any atom is -0.352 e. The van der Waals surface area contributed by atoms with Gasteiger partial charge in [0.1, 0.15) is 5.82 Å². The molecule has 0 aliphatic carbocycles. The highest BCUT2D eigenvalue weighted by atomic mass is 32.2. The second kappa shape index (κ2) is 10.3. The Kier molecular flexibility index (Phi) is 7.46. The zero-order valence-corrected chi connectivity index (χ0v) is 19.0. The van der Waals surface area contributed by atoms with Gasteiger partial charge in [-0.3, -0.25) is 4.99 Å². The molecule has 31 heavy (non-hydrogen) atoms. The molecular weight excluding hydrogens is 410 g/mol. The Morgan fingerprint density at radius 1 is 1.06 bits per heavy atom. The lowest BCUT2D eigenvalue weighted by atomic mass is 10.1. The Labute approximate surface area is 184 Å². The number of aromatic nitrogens is 2. The molecule has 1 aromatic heterocycles. The molecule has 2 N–H and O–H groups in total. The summed E-state index contributed by atoms with van der Waals surface area (Å²) >= 11 is 0. The molecule has 0 unspecified atom stereocenters. The lowest BCUT2D eigenvalue weighted by Crippen LogP contribution is -2.37. The van der Waals surface area contributed by atoms with Crippen molar-refractivity contribution in [3.63, 3.8) is 0 Å². The highest BCUT2D eigenvalue weighted by Gasteiger charge is 2.11. The van der Waals surface area contributed by atoms with Crippen molar-refractivity contribution in [3.05, 3.63) is 83.4 Å². The van der Waals surface area contributed by atoms with E-state index in [0.29, 0.717) is 23.9 Å². The van der Waals surface area contributed by atoms with Crippen molar-refractivity contribution in [1.29, 1.82) is 0 Å². The quantitative estimate of drug-likeness (QED) is 0.416. The largest absolute Gasteiger partial charge is 0.352 e. The summed E-state index contributed by atoms with van der Waals surface area (Å²) in [6, 6.07) is 15.7. The van der Waals surface area contributed by atoms with Crippen LogP contribution in [-0.4, -0.2) is 37.2 Å². The van der Waals surface area contributed by atoms with E-state index in [4.69, 9.17) is 0 Å². The second-order valence-electron chi connectivity index (χ2n) is 7.42. The molecule has 7 nitrogen and oxygen atoms in total. The summed E-state index contributed by atoms with van der Waals surface area (Å²) in [5.74, 6) is 1.59. The van der Waals surface area contributed by atoms with Crippen LogP contribution < -0.4 is 10.6 Å². The van der Waals surface area contributed by atoms with Crippen LogP contribution in [0.5, 0.6) is 0 Å². The number of rotatable bonds is 8. The topological polar surface area (TPSA) is 88.4 Å². The van der Waals surface area contributed by atoms with E-state index in [1.165, 1.54) is 11.8 Å². The maximum absolute atomic E-state index is 11.8. The molecule has 0 spiro atoms. The smallest absolute Gasteiger partial charge is 0.191 e. The summed E-state index contributed by atoms with van der Waals surface area (Å²) in [7, 11) is -1.49. The molecule has 0 radical (unpaired) electrons. The fraction of sp³-hybridized carbons (Fsp3) is 0.304. The number of nitrogens with one attached hydrogen (secondary N) is 2. The monoisotopic (exact) mass is 439 g/mol. The normalized spacial score (nSPS) is 12.0. The van der Waals surface area contributed by atoms with Crippen LogP contribution in [0.3, 0.4) is 0 Å². The van der Waals surface area contributed by atoms with Gasteiger partial charge in [-0.25, -0.2) is 13.4 Å². The van der Waals surface area contributed by atoms with E-state index in [2.05, 4.69) is 49.4 Å². The van der Waals surface area contributed by atoms with E-state index in [1.54, 1.807) is 13.1 Å². The first kappa shape index (κ1) is 22.6. The van der Waals surface area contributed by atoms with Gasteiger partial charge in [0, 0.05) is 38.8 Å². The van der Waals surface area contributed by atoms with E-state index >= 15 is 0 Å². The van der Waals surface area contributed by atoms with Crippen molar-refractivity contribution < 1.29 is 8.42 Å². The molecule has 0 atom stereocenters. The van der Waals surface area contributed by atoms with Crippen LogP contribution >= 0.6 is 0 Å². The zero-order valence-electron chi connectivity index (χ0n) is 18.2. The molecule has 0 amide bonds. The standard InChI is InChI=1S/C23H29N5O2S/c1-18-15-20(9-10-21(18)31(3,29)30)16-26-23(24-2)27-17-22-25-12-14-28(22)13-11-19-7-5-4-6-8-19/h4-10,12,14-15H,11,13,16-17H2,1-3H3,(H2,24,26,27). The van der Waals surface area contributed by atoms with Crippen LogP contribution in [0.15, 0.2) is 70.8 Å². The number of sulfone groups is 1. The van der Waals surface area contributed by atoms with E-state index in [0.717, 1.165) is 29.9 Å². The molecule has 0 aliphatic rings. The van der Waals surface area contributed by atoms with Crippen LogP contribution in [0.2, 0.25) is 0 Å². The predicted octanol–water partition coefficient (Wildman–Crippen LogP) is 2.70. The molecule has 8 heteroatoms. The summed E-state index contributed by atoms with van der Waals surface area (Å²) in [5, 5.41) is 6.55. The Morgan fingerprint density at radius 3 is 2.48 bits per heavy atom. The predicted molar refractivity (Wildman–Crippen MR) is 124 cm³/mol. The SMILES string of the molecule is CN=C(NCc1ccc(S(C)(=O)=O)c(C)c1)NCc1nccn1CCc1ccccc1. The fourth-order valence-corrected chi connectivity index (χ4v) is 4.37. The van der Waals surface area contributed by atoms with E-state index in [1.807, 2.05) is 37.5 Å². The third kappa shape index (κ3) is 6.42. The van der Waals surface area contributed by atoms with E-state index in [-0.39, 0.29) is 0 Å². The van der Waals surface area contributed by atoms with Crippen LogP contribution in [0.4, 0.5) is 0 Å². The van der Waals surface area contributed by atoms with Gasteiger partial charge in [0.2, 0.25) is 0 Å². The lowest BCUT2D eigenvalue weighted by molar-refractivity contribution is 0.601. The molecule has 3 aromatic rings. The van der Waals surface area contributed by atoms with Crippen molar-refractivity contribution >= 4 is 15.8 Å². The van der Waals surface area contributed by atoms with Gasteiger partial charge in [-0.2, -0.15) is 0 Å². The van der Waals surface area contributed by atoms with Gasteiger partial charge < -0.3 is 15.2 Å². The number of imidazole rings is 1. The van der Waals surface area contributed by atoms with Gasteiger partial charge in [0.25, 0.3) is 0 Å². The molecule has 0 saturated heterocycles. The number of hydrogen-bond acceptors (Lipinski definition) is 4. The first-order valence-corrected chi connectivity index (χ1v) is 12.0. The number of hydrogen-bond donors (Lipinski definition) is 2. The van der Waals surface area contributed by atoms with Gasteiger partial charge in [-0.05, 0) is 36.1 Å². The van der Waals surface area contributed by atoms with Gasteiger partial charge in [-0.15, -0.1) is 0 Å². The maximum atomic E-state index is 11.8. The molecule has 1 heterocycles. The lowest BCUT2D eigenvalue weighted by Gasteiger charge is -2.14. The number of nitrogens with zero attached hydrogens (tertiary/aromatic N) is 3. The van der Waals surface area contributed by atoms with Gasteiger partial charge in [-0.1, -0.05) is 42.5 Å². The second-order valence-corrected chi connectivity index (χ2v) is 9.41. The molecule has 0 saturated carbocycles. The van der Waals surface area contributed by atoms with Crippen molar-refractivity contribution in [3.8, 4) is 0 Å². The molecule has 0 fully saturated rings. The van der Waals surface area contributed by atoms with Crippen molar-refractivity contribution in [2.45, 2.75) is 37.9 Å². The minimum absolute atomic E-state index is 0.362. The molecule has 164 valence electrons. The van der Waals surface area contributed by atoms with Crippen molar-refractivity contribution in [2.75, 3.05) is 13.3 Å². The summed E-state index contributed by atoms with van der Waals surface area (Å²) in [5.41, 5.74) is 3.02. The Morgan fingerprint density at radius 2 is 1.81 bits per heavy atom. The third-order valence-electron chi connectivity index (χ3n) is 5.02. The molecule has 0 bridgehead atoms. The highest BCUT2D eigenvalue weighted by Crippen LogP contribution is 2.16. The summed E-state index contributed by atoms with van der Waals surface area (Å²) < 4.78 is 25.7. The summed E-state index contributed by atoms with van der Waals surface area (Å²) in [4.78, 5) is 9.09. The number of aliphatic imine (C=N–C) groups is 1. The summed E-state index contributed by atoms with van der Waals surface area (Å²) in [6.07, 6.45) is 5.97. The number of guanidine groups is 1.